The zero-order valence-corrected chi connectivity index (χ0v) is 11.0. The highest BCUT2D eigenvalue weighted by atomic mass is 19.1. The molecule has 5 heteroatoms. The zero-order chi connectivity index (χ0) is 13.8. The van der Waals surface area contributed by atoms with Crippen molar-refractivity contribution in [2.75, 3.05) is 6.54 Å². The van der Waals surface area contributed by atoms with Gasteiger partial charge in [-0.3, -0.25) is 4.79 Å². The molecule has 1 heterocycles. The molecule has 0 spiro atoms. The van der Waals surface area contributed by atoms with Gasteiger partial charge in [-0.05, 0) is 32.3 Å². The van der Waals surface area contributed by atoms with Gasteiger partial charge in [0.1, 0.15) is 11.6 Å². The van der Waals surface area contributed by atoms with E-state index in [2.05, 4.69) is 5.32 Å². The van der Waals surface area contributed by atoms with Gasteiger partial charge in [-0.2, -0.15) is 0 Å². The maximum Gasteiger partial charge on any atom is 0.261 e. The fourth-order valence-corrected chi connectivity index (χ4v) is 2.14. The summed E-state index contributed by atoms with van der Waals surface area (Å²) in [5.41, 5.74) is 6.09. The Morgan fingerprint density at radius 1 is 1.47 bits per heavy atom. The van der Waals surface area contributed by atoms with Crippen molar-refractivity contribution in [1.29, 1.82) is 0 Å². The van der Waals surface area contributed by atoms with Crippen LogP contribution in [0, 0.1) is 5.82 Å². The minimum atomic E-state index is -0.539. The van der Waals surface area contributed by atoms with Gasteiger partial charge < -0.3 is 15.8 Å². The minimum absolute atomic E-state index is 0.130. The maximum atomic E-state index is 13.8. The summed E-state index contributed by atoms with van der Waals surface area (Å²) in [5, 5.41) is 2.78. The summed E-state index contributed by atoms with van der Waals surface area (Å²) in [6.07, 6.45) is 1.98. The van der Waals surface area contributed by atoms with E-state index in [0.29, 0.717) is 24.3 Å². The van der Waals surface area contributed by atoms with Crippen LogP contribution in [0.4, 0.5) is 4.39 Å². The number of carbonyl (C=O) groups is 1. The largest absolute Gasteiger partial charge is 0.481 e. The molecule has 4 nitrogen and oxygen atoms in total. The second-order valence-corrected chi connectivity index (χ2v) is 4.87. The summed E-state index contributed by atoms with van der Waals surface area (Å²) in [6, 6.07) is 4.18. The molecular formula is C14H19FN2O2. The lowest BCUT2D eigenvalue weighted by atomic mass is 10.1. The first-order valence-electron chi connectivity index (χ1n) is 6.57. The fraction of sp³-hybridized carbons (Fsp3) is 0.500. The van der Waals surface area contributed by atoms with Crippen LogP contribution in [0.15, 0.2) is 18.2 Å². The lowest BCUT2D eigenvalue weighted by Crippen LogP contribution is -2.36. The molecule has 1 saturated heterocycles. The van der Waals surface area contributed by atoms with Crippen molar-refractivity contribution in [3.8, 4) is 5.75 Å². The van der Waals surface area contributed by atoms with Crippen LogP contribution in [-0.4, -0.2) is 18.6 Å². The van der Waals surface area contributed by atoms with Crippen molar-refractivity contribution in [2.24, 2.45) is 5.73 Å². The molecule has 2 rings (SSSR count). The summed E-state index contributed by atoms with van der Waals surface area (Å²) >= 11 is 0. The molecule has 1 aromatic rings. The van der Waals surface area contributed by atoms with E-state index < -0.39 is 11.9 Å². The number of amides is 1. The van der Waals surface area contributed by atoms with Crippen LogP contribution in [0.1, 0.15) is 37.8 Å². The van der Waals surface area contributed by atoms with Gasteiger partial charge in [-0.25, -0.2) is 4.39 Å². The van der Waals surface area contributed by atoms with E-state index in [4.69, 9.17) is 10.5 Å². The van der Waals surface area contributed by atoms with Crippen LogP contribution < -0.4 is 15.8 Å². The molecule has 104 valence electrons. The van der Waals surface area contributed by atoms with Crippen molar-refractivity contribution >= 4 is 5.91 Å². The zero-order valence-electron chi connectivity index (χ0n) is 11.0. The molecule has 1 fully saturated rings. The van der Waals surface area contributed by atoms with Gasteiger partial charge in [-0.1, -0.05) is 6.07 Å². The number of hydrogen-bond donors (Lipinski definition) is 2. The average Bonchev–Trinajstić information content (AvgIpc) is 2.55. The normalized spacial score (nSPS) is 21.4. The number of halogens is 1. The first kappa shape index (κ1) is 13.8. The lowest BCUT2D eigenvalue weighted by Gasteiger charge is -2.17. The smallest absolute Gasteiger partial charge is 0.261 e. The summed E-state index contributed by atoms with van der Waals surface area (Å²) in [7, 11) is 0. The van der Waals surface area contributed by atoms with Crippen molar-refractivity contribution in [1.82, 2.24) is 5.32 Å². The Hall–Kier alpha value is -1.62. The lowest BCUT2D eigenvalue weighted by molar-refractivity contribution is -0.127. The van der Waals surface area contributed by atoms with Gasteiger partial charge >= 0.3 is 0 Å². The highest BCUT2D eigenvalue weighted by Crippen LogP contribution is 2.22. The second kappa shape index (κ2) is 6.02. The monoisotopic (exact) mass is 266 g/mol. The third kappa shape index (κ3) is 3.44. The molecule has 1 aromatic carbocycles. The predicted molar refractivity (Wildman–Crippen MR) is 70.3 cm³/mol. The number of ether oxygens (including phenoxy) is 1. The summed E-state index contributed by atoms with van der Waals surface area (Å²) < 4.78 is 19.3. The molecule has 0 saturated carbocycles. The van der Waals surface area contributed by atoms with E-state index in [-0.39, 0.29) is 11.9 Å². The summed E-state index contributed by atoms with van der Waals surface area (Å²) in [4.78, 5) is 11.7. The molecule has 1 amide bonds. The number of hydrogen-bond acceptors (Lipinski definition) is 3. The second-order valence-electron chi connectivity index (χ2n) is 4.87. The Bertz CT molecular complexity index is 463. The standard InChI is InChI=1S/C14H19FN2O2/c1-9(16)11-6-5-10(8-12(11)15)19-13-4-2-3-7-17-14(13)18/h5-6,8-9,13H,2-4,7,16H2,1H3,(H,17,18). The topological polar surface area (TPSA) is 64.3 Å². The molecule has 0 bridgehead atoms. The molecule has 0 aliphatic carbocycles. The van der Waals surface area contributed by atoms with Crippen LogP contribution in [0.3, 0.4) is 0 Å². The third-order valence-electron chi connectivity index (χ3n) is 3.23. The third-order valence-corrected chi connectivity index (χ3v) is 3.23. The molecule has 0 aromatic heterocycles. The highest BCUT2D eigenvalue weighted by molar-refractivity contribution is 5.81. The van der Waals surface area contributed by atoms with Gasteiger partial charge in [0, 0.05) is 24.2 Å². The number of rotatable bonds is 3. The van der Waals surface area contributed by atoms with Crippen molar-refractivity contribution in [2.45, 2.75) is 38.3 Å². The van der Waals surface area contributed by atoms with Gasteiger partial charge in [0.15, 0.2) is 6.10 Å². The molecule has 2 unspecified atom stereocenters. The maximum absolute atomic E-state index is 13.8. The van der Waals surface area contributed by atoms with Gasteiger partial charge in [0.2, 0.25) is 0 Å². The Balaban J connectivity index is 2.10. The van der Waals surface area contributed by atoms with E-state index in [1.54, 1.807) is 19.1 Å². The molecule has 3 N–H and O–H groups in total. The van der Waals surface area contributed by atoms with E-state index in [1.807, 2.05) is 0 Å². The van der Waals surface area contributed by atoms with Crippen molar-refractivity contribution < 1.29 is 13.9 Å². The first-order valence-corrected chi connectivity index (χ1v) is 6.57. The van der Waals surface area contributed by atoms with E-state index in [1.165, 1.54) is 6.07 Å². The van der Waals surface area contributed by atoms with E-state index in [9.17, 15) is 9.18 Å². The van der Waals surface area contributed by atoms with Gasteiger partial charge in [0.25, 0.3) is 5.91 Å². The number of benzene rings is 1. The van der Waals surface area contributed by atoms with Crippen molar-refractivity contribution in [3.63, 3.8) is 0 Å². The fourth-order valence-electron chi connectivity index (χ4n) is 2.14. The van der Waals surface area contributed by atoms with Crippen LogP contribution in [0.2, 0.25) is 0 Å². The van der Waals surface area contributed by atoms with Crippen molar-refractivity contribution in [3.05, 3.63) is 29.6 Å². The molecular weight excluding hydrogens is 247 g/mol. The number of nitrogens with two attached hydrogens (primary N) is 1. The highest BCUT2D eigenvalue weighted by Gasteiger charge is 2.22. The SMILES string of the molecule is CC(N)c1ccc(OC2CCCCNC2=O)cc1F. The molecule has 19 heavy (non-hydrogen) atoms. The van der Waals surface area contributed by atoms with Crippen LogP contribution in [-0.2, 0) is 4.79 Å². The summed E-state index contributed by atoms with van der Waals surface area (Å²) in [5.74, 6) is -0.167. The Labute approximate surface area is 112 Å². The minimum Gasteiger partial charge on any atom is -0.481 e. The number of nitrogens with one attached hydrogen (secondary N) is 1. The van der Waals surface area contributed by atoms with Crippen LogP contribution in [0.25, 0.3) is 0 Å². The Kier molecular flexibility index (Phi) is 4.37. The molecule has 1 aliphatic heterocycles. The Morgan fingerprint density at radius 2 is 2.26 bits per heavy atom. The molecule has 1 aliphatic rings. The van der Waals surface area contributed by atoms with E-state index >= 15 is 0 Å². The van der Waals surface area contributed by atoms with Gasteiger partial charge in [-0.15, -0.1) is 0 Å². The molecule has 2 atom stereocenters. The Morgan fingerprint density at radius 3 is 2.95 bits per heavy atom. The van der Waals surface area contributed by atoms with Crippen LogP contribution >= 0.6 is 0 Å². The quantitative estimate of drug-likeness (QED) is 0.878. The van der Waals surface area contributed by atoms with Gasteiger partial charge in [0.05, 0.1) is 0 Å². The average molecular weight is 266 g/mol. The van der Waals surface area contributed by atoms with E-state index in [0.717, 1.165) is 12.8 Å². The summed E-state index contributed by atoms with van der Waals surface area (Å²) in [6.45, 7) is 2.40. The molecule has 0 radical (unpaired) electrons. The number of carbonyl (C=O) groups excluding carboxylic acids is 1. The first-order chi connectivity index (χ1) is 9.08. The van der Waals surface area contributed by atoms with Crippen LogP contribution in [0.5, 0.6) is 5.75 Å². The predicted octanol–water partition coefficient (Wildman–Crippen LogP) is 1.89.